The zero-order chi connectivity index (χ0) is 17.6. The molecule has 3 rings (SSSR count). The van der Waals surface area contributed by atoms with E-state index in [9.17, 15) is 14.4 Å². The Balaban J connectivity index is 1.55. The molecule has 0 spiro atoms. The summed E-state index contributed by atoms with van der Waals surface area (Å²) in [5, 5.41) is 8.11. The molecule has 1 aliphatic heterocycles. The normalized spacial score (nSPS) is 15.2. The minimum atomic E-state index is -0.285. The molecule has 2 heterocycles. The zero-order valence-corrected chi connectivity index (χ0v) is 14.1. The molecule has 1 aromatic carbocycles. The first-order chi connectivity index (χ1) is 12.1. The van der Waals surface area contributed by atoms with Crippen molar-refractivity contribution in [3.8, 4) is 0 Å². The predicted molar refractivity (Wildman–Crippen MR) is 94.1 cm³/mol. The van der Waals surface area contributed by atoms with Gasteiger partial charge in [0.2, 0.25) is 11.8 Å². The van der Waals surface area contributed by atoms with Gasteiger partial charge in [-0.15, -0.1) is 0 Å². The maximum atomic E-state index is 12.3. The largest absolute Gasteiger partial charge is 0.353 e. The Morgan fingerprint density at radius 1 is 1.16 bits per heavy atom. The Kier molecular flexibility index (Phi) is 5.42. The van der Waals surface area contributed by atoms with Gasteiger partial charge in [0.15, 0.2) is 0 Å². The number of likely N-dealkylation sites (tertiary alicyclic amines) is 1. The number of nitrogens with one attached hydrogen (secondary N) is 1. The van der Waals surface area contributed by atoms with Crippen LogP contribution in [0.3, 0.4) is 0 Å². The maximum absolute atomic E-state index is 12.3. The number of benzene rings is 1. The molecule has 1 saturated heterocycles. The molecule has 1 N–H and O–H groups in total. The molecule has 132 valence electrons. The second-order valence-electron chi connectivity index (χ2n) is 6.24. The van der Waals surface area contributed by atoms with E-state index in [4.69, 9.17) is 0 Å². The lowest BCUT2D eigenvalue weighted by molar-refractivity contribution is -0.131. The molecule has 2 amide bonds. The number of fused-ring (bicyclic) bond motifs is 1. The highest BCUT2D eigenvalue weighted by Crippen LogP contribution is 2.10. The first-order valence-electron chi connectivity index (χ1n) is 8.64. The van der Waals surface area contributed by atoms with Crippen LogP contribution in [0.15, 0.2) is 35.3 Å². The van der Waals surface area contributed by atoms with Gasteiger partial charge >= 0.3 is 0 Å². The van der Waals surface area contributed by atoms with Crippen molar-refractivity contribution in [2.24, 2.45) is 0 Å². The van der Waals surface area contributed by atoms with Crippen LogP contribution in [0.2, 0.25) is 0 Å². The van der Waals surface area contributed by atoms with Gasteiger partial charge in [-0.05, 0) is 18.9 Å². The fourth-order valence-electron chi connectivity index (χ4n) is 3.04. The van der Waals surface area contributed by atoms with Gasteiger partial charge in [0, 0.05) is 31.4 Å². The fraction of sp³-hybridized carbons (Fsp3) is 0.444. The highest BCUT2D eigenvalue weighted by molar-refractivity contribution is 5.81. The lowest BCUT2D eigenvalue weighted by Gasteiger charge is -2.20. The van der Waals surface area contributed by atoms with Gasteiger partial charge in [0.25, 0.3) is 5.56 Å². The monoisotopic (exact) mass is 342 g/mol. The van der Waals surface area contributed by atoms with Gasteiger partial charge in [0.05, 0.1) is 11.6 Å². The van der Waals surface area contributed by atoms with Crippen molar-refractivity contribution in [3.05, 3.63) is 40.8 Å². The van der Waals surface area contributed by atoms with E-state index in [0.717, 1.165) is 35.9 Å². The number of aromatic nitrogens is 2. The Bertz CT molecular complexity index is 830. The van der Waals surface area contributed by atoms with Gasteiger partial charge in [-0.2, -0.15) is 5.10 Å². The molecule has 0 atom stereocenters. The summed E-state index contributed by atoms with van der Waals surface area (Å²) in [6, 6.07) is 7.15. The van der Waals surface area contributed by atoms with E-state index < -0.39 is 0 Å². The Labute approximate surface area is 145 Å². The summed E-state index contributed by atoms with van der Waals surface area (Å²) in [6.45, 7) is 1.51. The Hall–Kier alpha value is -2.70. The highest BCUT2D eigenvalue weighted by Gasteiger charge is 2.16. The highest BCUT2D eigenvalue weighted by atomic mass is 16.2. The van der Waals surface area contributed by atoms with Crippen LogP contribution >= 0.6 is 0 Å². The van der Waals surface area contributed by atoms with Crippen LogP contribution in [0.1, 0.15) is 25.7 Å². The quantitative estimate of drug-likeness (QED) is 0.875. The van der Waals surface area contributed by atoms with Gasteiger partial charge in [-0.3, -0.25) is 14.4 Å². The van der Waals surface area contributed by atoms with Crippen molar-refractivity contribution >= 4 is 22.6 Å². The summed E-state index contributed by atoms with van der Waals surface area (Å²) < 4.78 is 1.16. The molecular formula is C18H22N4O3. The molecule has 0 saturated carbocycles. The van der Waals surface area contributed by atoms with E-state index in [2.05, 4.69) is 10.4 Å². The molecule has 0 unspecified atom stereocenters. The van der Waals surface area contributed by atoms with E-state index in [0.29, 0.717) is 24.9 Å². The number of rotatable bonds is 5. The SMILES string of the molecule is O=C(Cn1ncc2ccccc2c1=O)NCCN1CCCCCC1=O. The van der Waals surface area contributed by atoms with Crippen molar-refractivity contribution in [1.29, 1.82) is 0 Å². The Morgan fingerprint density at radius 3 is 2.88 bits per heavy atom. The first-order valence-corrected chi connectivity index (χ1v) is 8.64. The first kappa shape index (κ1) is 17.1. The predicted octanol–water partition coefficient (Wildman–Crippen LogP) is 0.915. The number of nitrogens with zero attached hydrogens (tertiary/aromatic N) is 3. The number of amides is 2. The molecule has 0 aliphatic carbocycles. The average Bonchev–Trinajstić information content (AvgIpc) is 2.82. The minimum absolute atomic E-state index is 0.127. The molecule has 1 fully saturated rings. The molecule has 7 heteroatoms. The average molecular weight is 342 g/mol. The molecular weight excluding hydrogens is 320 g/mol. The summed E-state index contributed by atoms with van der Waals surface area (Å²) in [7, 11) is 0. The molecule has 2 aromatic rings. The van der Waals surface area contributed by atoms with Crippen LogP contribution in [-0.4, -0.2) is 46.1 Å². The zero-order valence-electron chi connectivity index (χ0n) is 14.1. The van der Waals surface area contributed by atoms with E-state index >= 15 is 0 Å². The molecule has 0 bridgehead atoms. The van der Waals surface area contributed by atoms with Crippen LogP contribution in [-0.2, 0) is 16.1 Å². The summed E-state index contributed by atoms with van der Waals surface area (Å²) in [5.41, 5.74) is -0.282. The van der Waals surface area contributed by atoms with Crippen molar-refractivity contribution in [3.63, 3.8) is 0 Å². The van der Waals surface area contributed by atoms with Gasteiger partial charge in [-0.1, -0.05) is 24.6 Å². The van der Waals surface area contributed by atoms with Crippen molar-refractivity contribution < 1.29 is 9.59 Å². The lowest BCUT2D eigenvalue weighted by atomic mass is 10.2. The Morgan fingerprint density at radius 2 is 2.00 bits per heavy atom. The molecule has 7 nitrogen and oxygen atoms in total. The van der Waals surface area contributed by atoms with Gasteiger partial charge < -0.3 is 10.2 Å². The lowest BCUT2D eigenvalue weighted by Crippen LogP contribution is -2.40. The van der Waals surface area contributed by atoms with Crippen LogP contribution in [0.5, 0.6) is 0 Å². The van der Waals surface area contributed by atoms with E-state index in [1.807, 2.05) is 12.1 Å². The number of carbonyl (C=O) groups is 2. The smallest absolute Gasteiger partial charge is 0.275 e. The standard InChI is InChI=1S/C18H22N4O3/c23-16(19-9-11-21-10-5-1-2-8-17(21)24)13-22-18(25)15-7-4-3-6-14(15)12-20-22/h3-4,6-7,12H,1-2,5,8-11,13H2,(H,19,23). The molecule has 1 aliphatic rings. The number of hydrogen-bond donors (Lipinski definition) is 1. The summed E-state index contributed by atoms with van der Waals surface area (Å²) in [5.74, 6) is -0.133. The third kappa shape index (κ3) is 4.23. The maximum Gasteiger partial charge on any atom is 0.275 e. The summed E-state index contributed by atoms with van der Waals surface area (Å²) in [6.07, 6.45) is 5.20. The fourth-order valence-corrected chi connectivity index (χ4v) is 3.04. The topological polar surface area (TPSA) is 84.3 Å². The molecule has 0 radical (unpaired) electrons. The van der Waals surface area contributed by atoms with Crippen LogP contribution in [0.25, 0.3) is 10.8 Å². The molecule has 25 heavy (non-hydrogen) atoms. The van der Waals surface area contributed by atoms with Gasteiger partial charge in [-0.25, -0.2) is 4.68 Å². The summed E-state index contributed by atoms with van der Waals surface area (Å²) >= 11 is 0. The third-order valence-corrected chi connectivity index (χ3v) is 4.43. The number of carbonyl (C=O) groups excluding carboxylic acids is 2. The van der Waals surface area contributed by atoms with Crippen molar-refractivity contribution in [1.82, 2.24) is 20.0 Å². The third-order valence-electron chi connectivity index (χ3n) is 4.43. The number of hydrogen-bond acceptors (Lipinski definition) is 4. The summed E-state index contributed by atoms with van der Waals surface area (Å²) in [4.78, 5) is 38.1. The van der Waals surface area contributed by atoms with Crippen LogP contribution in [0.4, 0.5) is 0 Å². The van der Waals surface area contributed by atoms with E-state index in [1.165, 1.54) is 0 Å². The van der Waals surface area contributed by atoms with Crippen molar-refractivity contribution in [2.75, 3.05) is 19.6 Å². The molecule has 1 aromatic heterocycles. The van der Waals surface area contributed by atoms with Crippen molar-refractivity contribution in [2.45, 2.75) is 32.2 Å². The van der Waals surface area contributed by atoms with Crippen LogP contribution in [0, 0.1) is 0 Å². The minimum Gasteiger partial charge on any atom is -0.353 e. The van der Waals surface area contributed by atoms with Crippen LogP contribution < -0.4 is 10.9 Å². The second-order valence-corrected chi connectivity index (χ2v) is 6.24. The second kappa shape index (κ2) is 7.92. The van der Waals surface area contributed by atoms with E-state index in [-0.39, 0.29) is 23.9 Å². The van der Waals surface area contributed by atoms with Gasteiger partial charge in [0.1, 0.15) is 6.54 Å². The van der Waals surface area contributed by atoms with E-state index in [1.54, 1.807) is 23.2 Å².